The second-order valence-electron chi connectivity index (χ2n) is 3.89. The van der Waals surface area contributed by atoms with Crippen molar-refractivity contribution in [3.05, 3.63) is 49.1 Å². The molecule has 0 heteroatoms. The monoisotopic (exact) mass is 162 g/mol. The van der Waals surface area contributed by atoms with Crippen LogP contribution in [0.5, 0.6) is 0 Å². The number of allylic oxidation sites excluding steroid dienone is 5. The van der Waals surface area contributed by atoms with Crippen LogP contribution in [0.3, 0.4) is 0 Å². The van der Waals surface area contributed by atoms with Crippen LogP contribution < -0.4 is 0 Å². The van der Waals surface area contributed by atoms with Crippen LogP contribution in [0.1, 0.15) is 20.8 Å². The summed E-state index contributed by atoms with van der Waals surface area (Å²) >= 11 is 0. The van der Waals surface area contributed by atoms with E-state index in [-0.39, 0.29) is 5.41 Å². The lowest BCUT2D eigenvalue weighted by Crippen LogP contribution is -2.05. The molecule has 0 aromatic rings. The summed E-state index contributed by atoms with van der Waals surface area (Å²) in [6.07, 6.45) is 5.65. The van der Waals surface area contributed by atoms with E-state index >= 15 is 0 Å². The highest BCUT2D eigenvalue weighted by molar-refractivity contribution is 5.32. The van der Waals surface area contributed by atoms with Crippen molar-refractivity contribution in [1.82, 2.24) is 0 Å². The minimum Gasteiger partial charge on any atom is -0.0985 e. The molecule has 0 fully saturated rings. The Kier molecular flexibility index (Phi) is 3.75. The van der Waals surface area contributed by atoms with Crippen LogP contribution in [-0.2, 0) is 0 Å². The Labute approximate surface area is 76.0 Å². The zero-order chi connectivity index (χ0) is 9.78. The van der Waals surface area contributed by atoms with Gasteiger partial charge in [0.25, 0.3) is 0 Å². The van der Waals surface area contributed by atoms with Gasteiger partial charge in [-0.2, -0.15) is 0 Å². The Hall–Kier alpha value is -1.04. The van der Waals surface area contributed by atoms with Gasteiger partial charge in [-0.1, -0.05) is 58.7 Å². The first kappa shape index (κ1) is 11.0. The van der Waals surface area contributed by atoms with Gasteiger partial charge in [0.15, 0.2) is 0 Å². The average Bonchev–Trinajstić information content (AvgIpc) is 1.97. The van der Waals surface area contributed by atoms with Gasteiger partial charge in [-0.25, -0.2) is 0 Å². The molecule has 0 unspecified atom stereocenters. The minimum absolute atomic E-state index is 0.137. The van der Waals surface area contributed by atoms with Crippen LogP contribution in [0.2, 0.25) is 0 Å². The Balaban J connectivity index is 4.28. The van der Waals surface area contributed by atoms with E-state index in [1.807, 2.05) is 12.2 Å². The van der Waals surface area contributed by atoms with E-state index in [2.05, 4.69) is 40.5 Å². The highest BCUT2D eigenvalue weighted by Crippen LogP contribution is 2.24. The summed E-state index contributed by atoms with van der Waals surface area (Å²) in [4.78, 5) is 0. The fraction of sp³-hybridized carbons (Fsp3) is 0.333. The van der Waals surface area contributed by atoms with E-state index in [9.17, 15) is 0 Å². The van der Waals surface area contributed by atoms with Crippen molar-refractivity contribution in [1.29, 1.82) is 0 Å². The molecule has 0 rings (SSSR count). The van der Waals surface area contributed by atoms with Crippen LogP contribution in [0.4, 0.5) is 0 Å². The maximum Gasteiger partial charge on any atom is -0.0138 e. The van der Waals surface area contributed by atoms with Crippen molar-refractivity contribution in [2.75, 3.05) is 0 Å². The number of rotatable bonds is 3. The Morgan fingerprint density at radius 1 is 1.08 bits per heavy atom. The third kappa shape index (κ3) is 3.97. The maximum atomic E-state index is 3.97. The van der Waals surface area contributed by atoms with Gasteiger partial charge in [0.1, 0.15) is 0 Å². The summed E-state index contributed by atoms with van der Waals surface area (Å²) in [5.74, 6) is 0. The second-order valence-corrected chi connectivity index (χ2v) is 3.89. The molecule has 66 valence electrons. The van der Waals surface area contributed by atoms with Crippen LogP contribution in [-0.4, -0.2) is 0 Å². The van der Waals surface area contributed by atoms with Gasteiger partial charge in [0.2, 0.25) is 0 Å². The van der Waals surface area contributed by atoms with E-state index in [0.29, 0.717) is 0 Å². The molecular formula is C12H18. The first-order chi connectivity index (χ1) is 5.38. The molecule has 0 aliphatic heterocycles. The summed E-state index contributed by atoms with van der Waals surface area (Å²) in [6, 6.07) is 0. The Morgan fingerprint density at radius 3 is 1.92 bits per heavy atom. The predicted octanol–water partition coefficient (Wildman–Crippen LogP) is 3.89. The van der Waals surface area contributed by atoms with E-state index < -0.39 is 0 Å². The van der Waals surface area contributed by atoms with Crippen molar-refractivity contribution in [2.24, 2.45) is 5.41 Å². The SMILES string of the molecule is C=CC(=C)C=CC(=C)C(C)(C)C. The molecule has 0 aliphatic carbocycles. The van der Waals surface area contributed by atoms with Crippen molar-refractivity contribution >= 4 is 0 Å². The molecule has 0 N–H and O–H groups in total. The Morgan fingerprint density at radius 2 is 1.58 bits per heavy atom. The lowest BCUT2D eigenvalue weighted by atomic mass is 9.87. The quantitative estimate of drug-likeness (QED) is 0.552. The molecule has 0 nitrogen and oxygen atoms in total. The molecule has 0 saturated heterocycles. The molecule has 0 heterocycles. The summed E-state index contributed by atoms with van der Waals surface area (Å²) in [5.41, 5.74) is 2.16. The third-order valence-corrected chi connectivity index (χ3v) is 1.72. The predicted molar refractivity (Wildman–Crippen MR) is 57.1 cm³/mol. The first-order valence-electron chi connectivity index (χ1n) is 4.06. The summed E-state index contributed by atoms with van der Waals surface area (Å²) in [5, 5.41) is 0. The highest BCUT2D eigenvalue weighted by Gasteiger charge is 2.11. The zero-order valence-corrected chi connectivity index (χ0v) is 8.35. The lowest BCUT2D eigenvalue weighted by molar-refractivity contribution is 0.519. The smallest absolute Gasteiger partial charge is 0.0138 e. The fourth-order valence-corrected chi connectivity index (χ4v) is 0.526. The topological polar surface area (TPSA) is 0 Å². The van der Waals surface area contributed by atoms with Crippen molar-refractivity contribution in [3.8, 4) is 0 Å². The molecule has 0 amide bonds. The molecule has 0 aromatic carbocycles. The average molecular weight is 162 g/mol. The fourth-order valence-electron chi connectivity index (χ4n) is 0.526. The van der Waals surface area contributed by atoms with Crippen molar-refractivity contribution < 1.29 is 0 Å². The van der Waals surface area contributed by atoms with Gasteiger partial charge < -0.3 is 0 Å². The van der Waals surface area contributed by atoms with Gasteiger partial charge in [-0.3, -0.25) is 0 Å². The highest BCUT2D eigenvalue weighted by atomic mass is 14.2. The molecular weight excluding hydrogens is 144 g/mol. The standard InChI is InChI=1S/C12H18/c1-7-10(2)8-9-11(3)12(4,5)6/h7-9H,1-3H2,4-6H3. The minimum atomic E-state index is 0.137. The molecule has 0 saturated carbocycles. The molecule has 0 spiro atoms. The zero-order valence-electron chi connectivity index (χ0n) is 8.35. The van der Waals surface area contributed by atoms with E-state index in [4.69, 9.17) is 0 Å². The maximum absolute atomic E-state index is 3.97. The molecule has 12 heavy (non-hydrogen) atoms. The van der Waals surface area contributed by atoms with Gasteiger partial charge >= 0.3 is 0 Å². The molecule has 0 radical (unpaired) electrons. The van der Waals surface area contributed by atoms with Crippen LogP contribution in [0.25, 0.3) is 0 Å². The van der Waals surface area contributed by atoms with E-state index in [0.717, 1.165) is 11.1 Å². The second kappa shape index (κ2) is 4.10. The molecule has 0 aliphatic rings. The van der Waals surface area contributed by atoms with E-state index in [1.54, 1.807) is 6.08 Å². The number of hydrogen-bond donors (Lipinski definition) is 0. The van der Waals surface area contributed by atoms with Gasteiger partial charge in [-0.05, 0) is 16.6 Å². The summed E-state index contributed by atoms with van der Waals surface area (Å²) < 4.78 is 0. The molecule has 0 atom stereocenters. The summed E-state index contributed by atoms with van der Waals surface area (Å²) in [7, 11) is 0. The Bertz CT molecular complexity index is 221. The van der Waals surface area contributed by atoms with Gasteiger partial charge in [0, 0.05) is 0 Å². The summed E-state index contributed by atoms with van der Waals surface area (Å²) in [6.45, 7) is 17.8. The van der Waals surface area contributed by atoms with Crippen molar-refractivity contribution in [2.45, 2.75) is 20.8 Å². The third-order valence-electron chi connectivity index (χ3n) is 1.72. The molecule has 0 aromatic heterocycles. The van der Waals surface area contributed by atoms with E-state index in [1.165, 1.54) is 0 Å². The van der Waals surface area contributed by atoms with Crippen molar-refractivity contribution in [3.63, 3.8) is 0 Å². The van der Waals surface area contributed by atoms with Crippen LogP contribution in [0, 0.1) is 5.41 Å². The largest absolute Gasteiger partial charge is 0.0985 e. The number of hydrogen-bond acceptors (Lipinski definition) is 0. The van der Waals surface area contributed by atoms with Crippen LogP contribution in [0.15, 0.2) is 49.1 Å². The molecule has 0 bridgehead atoms. The first-order valence-corrected chi connectivity index (χ1v) is 4.06. The van der Waals surface area contributed by atoms with Crippen LogP contribution >= 0.6 is 0 Å². The normalized spacial score (nSPS) is 11.6. The van der Waals surface area contributed by atoms with Gasteiger partial charge in [-0.15, -0.1) is 0 Å². The lowest BCUT2D eigenvalue weighted by Gasteiger charge is -2.18. The van der Waals surface area contributed by atoms with Gasteiger partial charge in [0.05, 0.1) is 0 Å².